The molecule has 1 amide bonds. The van der Waals surface area contributed by atoms with E-state index >= 15 is 0 Å². The molecule has 0 fully saturated rings. The topological polar surface area (TPSA) is 127 Å². The normalized spacial score (nSPS) is 13.0. The first-order chi connectivity index (χ1) is 11.8. The van der Waals surface area contributed by atoms with E-state index in [1.54, 1.807) is 0 Å². The first kappa shape index (κ1) is 27.9. The van der Waals surface area contributed by atoms with Crippen LogP contribution in [0.4, 0.5) is 0 Å². The molecule has 0 aromatic heterocycles. The first-order valence-electron chi connectivity index (χ1n) is 8.64. The largest absolute Gasteiger partial charge is 1.00 e. The average Bonchev–Trinajstić information content (AvgIpc) is 2.55. The number of quaternary nitrogens is 1. The Morgan fingerprint density at radius 1 is 1.04 bits per heavy atom. The van der Waals surface area contributed by atoms with Crippen LogP contribution < -0.4 is 61.8 Å². The standard InChI is InChI=1S/C17H30N2O6.K/c1-2-3-4-5-6-15(21)18-9-12-19(13-14-20,10-7-16(22)23)11-8-17(24)25;/h3-4,20H,2,5-14H2,1H3,(H2-,18,21,22,23,24,25);/q;+1/b4-3+;. The van der Waals surface area contributed by atoms with Crippen molar-refractivity contribution in [1.29, 1.82) is 0 Å². The Morgan fingerprint density at radius 2 is 1.69 bits per heavy atom. The maximum absolute atomic E-state index is 11.8. The summed E-state index contributed by atoms with van der Waals surface area (Å²) in [7, 11) is 0. The Kier molecular flexibility index (Phi) is 18.1. The van der Waals surface area contributed by atoms with Crippen molar-refractivity contribution >= 4 is 17.8 Å². The maximum Gasteiger partial charge on any atom is 1.00 e. The van der Waals surface area contributed by atoms with Gasteiger partial charge in [0.15, 0.2) is 0 Å². The molecular weight excluding hydrogens is 367 g/mol. The SMILES string of the molecule is CC/C=C/CCC(=O)NCC[N+](CCO)(CCC(=O)[O-])CCC(=O)O.[K+]. The fourth-order valence-electron chi connectivity index (χ4n) is 2.56. The molecule has 0 aliphatic rings. The van der Waals surface area contributed by atoms with Gasteiger partial charge in [0.05, 0.1) is 39.2 Å². The maximum atomic E-state index is 11.8. The smallest absolute Gasteiger partial charge is 0.550 e. The summed E-state index contributed by atoms with van der Waals surface area (Å²) in [5.74, 6) is -2.32. The molecule has 0 rings (SSSR count). The number of rotatable bonds is 15. The number of carbonyl (C=O) groups is 3. The van der Waals surface area contributed by atoms with E-state index in [9.17, 15) is 24.6 Å². The molecule has 1 atom stereocenters. The van der Waals surface area contributed by atoms with Crippen molar-refractivity contribution in [2.75, 3.05) is 39.3 Å². The van der Waals surface area contributed by atoms with Crippen LogP contribution in [-0.2, 0) is 14.4 Å². The third kappa shape index (κ3) is 14.8. The first-order valence-corrected chi connectivity index (χ1v) is 8.64. The average molecular weight is 398 g/mol. The van der Waals surface area contributed by atoms with Gasteiger partial charge < -0.3 is 29.9 Å². The van der Waals surface area contributed by atoms with E-state index < -0.39 is 11.9 Å². The second-order valence-electron chi connectivity index (χ2n) is 5.99. The van der Waals surface area contributed by atoms with Crippen molar-refractivity contribution < 1.29 is 85.6 Å². The number of nitrogens with zero attached hydrogens (tertiary/aromatic N) is 1. The van der Waals surface area contributed by atoms with Crippen LogP contribution in [0.3, 0.4) is 0 Å². The van der Waals surface area contributed by atoms with Gasteiger partial charge in [-0.3, -0.25) is 9.59 Å². The van der Waals surface area contributed by atoms with Crippen LogP contribution in [0.1, 0.15) is 39.0 Å². The van der Waals surface area contributed by atoms with Crippen molar-refractivity contribution in [2.45, 2.75) is 39.0 Å². The number of allylic oxidation sites excluding steroid dienone is 2. The number of amides is 1. The molecule has 9 heteroatoms. The molecule has 0 aliphatic carbocycles. The van der Waals surface area contributed by atoms with Crippen molar-refractivity contribution in [3.05, 3.63) is 12.2 Å². The third-order valence-corrected chi connectivity index (χ3v) is 4.01. The van der Waals surface area contributed by atoms with Gasteiger partial charge in [-0.1, -0.05) is 19.1 Å². The molecule has 26 heavy (non-hydrogen) atoms. The fraction of sp³-hybridized carbons (Fsp3) is 0.706. The van der Waals surface area contributed by atoms with Crippen LogP contribution in [0.25, 0.3) is 0 Å². The molecular formula is C17H30KN2O6+. The second kappa shape index (κ2) is 16.8. The molecule has 0 radical (unpaired) electrons. The predicted molar refractivity (Wildman–Crippen MR) is 90.4 cm³/mol. The van der Waals surface area contributed by atoms with Crippen LogP contribution in [0.2, 0.25) is 0 Å². The number of aliphatic carboxylic acids is 2. The molecule has 0 aromatic rings. The summed E-state index contributed by atoms with van der Waals surface area (Å²) in [5.41, 5.74) is 0. The van der Waals surface area contributed by atoms with E-state index in [4.69, 9.17) is 5.11 Å². The van der Waals surface area contributed by atoms with Crippen LogP contribution in [0, 0.1) is 0 Å². The van der Waals surface area contributed by atoms with Gasteiger partial charge in [0.2, 0.25) is 5.91 Å². The van der Waals surface area contributed by atoms with Gasteiger partial charge in [-0.05, 0) is 12.8 Å². The Hall–Kier alpha value is -0.294. The minimum atomic E-state index is -1.22. The molecule has 0 aromatic carbocycles. The molecule has 0 saturated heterocycles. The zero-order chi connectivity index (χ0) is 19.1. The Morgan fingerprint density at radius 3 is 2.23 bits per heavy atom. The number of hydrogen-bond acceptors (Lipinski definition) is 5. The second-order valence-corrected chi connectivity index (χ2v) is 5.99. The Balaban J connectivity index is 0. The Labute approximate surface area is 197 Å². The van der Waals surface area contributed by atoms with Crippen LogP contribution >= 0.6 is 0 Å². The molecule has 0 saturated carbocycles. The molecule has 0 heterocycles. The number of aliphatic hydroxyl groups excluding tert-OH is 1. The van der Waals surface area contributed by atoms with Gasteiger partial charge in [0.25, 0.3) is 0 Å². The summed E-state index contributed by atoms with van der Waals surface area (Å²) in [6, 6.07) is 0. The van der Waals surface area contributed by atoms with E-state index in [0.29, 0.717) is 25.9 Å². The molecule has 3 N–H and O–H groups in total. The summed E-state index contributed by atoms with van der Waals surface area (Å²) in [6.45, 7) is 3.06. The van der Waals surface area contributed by atoms with Crippen molar-refractivity contribution in [1.82, 2.24) is 5.32 Å². The molecule has 1 unspecified atom stereocenters. The number of aliphatic hydroxyl groups is 1. The summed E-state index contributed by atoms with van der Waals surface area (Å²) < 4.78 is 0.118. The van der Waals surface area contributed by atoms with E-state index in [0.717, 1.165) is 6.42 Å². The molecule has 8 nitrogen and oxygen atoms in total. The molecule has 0 bridgehead atoms. The number of hydrogen-bond donors (Lipinski definition) is 3. The van der Waals surface area contributed by atoms with Gasteiger partial charge in [0, 0.05) is 18.8 Å². The van der Waals surface area contributed by atoms with Gasteiger partial charge in [-0.25, -0.2) is 0 Å². The van der Waals surface area contributed by atoms with E-state index in [1.165, 1.54) is 0 Å². The van der Waals surface area contributed by atoms with Crippen LogP contribution in [-0.4, -0.2) is 71.9 Å². The summed E-state index contributed by atoms with van der Waals surface area (Å²) >= 11 is 0. The van der Waals surface area contributed by atoms with Crippen molar-refractivity contribution in [3.8, 4) is 0 Å². The minimum absolute atomic E-state index is 0. The number of nitrogens with one attached hydrogen (secondary N) is 1. The van der Waals surface area contributed by atoms with Gasteiger partial charge in [-0.2, -0.15) is 0 Å². The summed E-state index contributed by atoms with van der Waals surface area (Å²) in [5, 5.41) is 31.7. The zero-order valence-electron chi connectivity index (χ0n) is 15.9. The van der Waals surface area contributed by atoms with Gasteiger partial charge in [-0.15, -0.1) is 0 Å². The molecule has 144 valence electrons. The fourth-order valence-corrected chi connectivity index (χ4v) is 2.56. The van der Waals surface area contributed by atoms with Crippen LogP contribution in [0.5, 0.6) is 0 Å². The number of carboxylic acid groups (broad SMARTS) is 2. The summed E-state index contributed by atoms with van der Waals surface area (Å²) in [6.07, 6.45) is 5.51. The van der Waals surface area contributed by atoms with E-state index in [-0.39, 0.29) is 101 Å². The zero-order valence-corrected chi connectivity index (χ0v) is 19.0. The quantitative estimate of drug-likeness (QED) is 0.148. The summed E-state index contributed by atoms with van der Waals surface area (Å²) in [4.78, 5) is 33.4. The van der Waals surface area contributed by atoms with Crippen molar-refractivity contribution in [3.63, 3.8) is 0 Å². The predicted octanol–water partition coefficient (Wildman–Crippen LogP) is -3.72. The van der Waals surface area contributed by atoms with Gasteiger partial charge in [0.1, 0.15) is 6.54 Å². The molecule has 0 spiro atoms. The van der Waals surface area contributed by atoms with Crippen molar-refractivity contribution in [2.24, 2.45) is 0 Å². The van der Waals surface area contributed by atoms with E-state index in [2.05, 4.69) is 5.32 Å². The number of carboxylic acids is 2. The Bertz CT molecular complexity index is 439. The van der Waals surface area contributed by atoms with E-state index in [1.807, 2.05) is 19.1 Å². The van der Waals surface area contributed by atoms with Gasteiger partial charge >= 0.3 is 57.4 Å². The minimum Gasteiger partial charge on any atom is -0.550 e. The molecule has 0 aliphatic heterocycles. The third-order valence-electron chi connectivity index (χ3n) is 4.01. The number of carbonyl (C=O) groups excluding carboxylic acids is 2. The van der Waals surface area contributed by atoms with Crippen LogP contribution in [0.15, 0.2) is 12.2 Å². The monoisotopic (exact) mass is 397 g/mol.